The van der Waals surface area contributed by atoms with E-state index in [-0.39, 0.29) is 5.91 Å². The molecule has 3 heterocycles. The molecular formula is C19H28N4O. The molecule has 1 atom stereocenters. The number of likely N-dealkylation sites (tertiary alicyclic amines) is 1. The molecule has 5 nitrogen and oxygen atoms in total. The van der Waals surface area contributed by atoms with Crippen molar-refractivity contribution in [2.45, 2.75) is 59.5 Å². The van der Waals surface area contributed by atoms with Crippen molar-refractivity contribution in [2.24, 2.45) is 11.8 Å². The molecule has 1 aliphatic rings. The summed E-state index contributed by atoms with van der Waals surface area (Å²) < 4.78 is 1.92. The fraction of sp³-hybridized carbons (Fsp3) is 0.632. The first-order valence-electron chi connectivity index (χ1n) is 9.10. The summed E-state index contributed by atoms with van der Waals surface area (Å²) in [5.74, 6) is 1.11. The summed E-state index contributed by atoms with van der Waals surface area (Å²) in [4.78, 5) is 19.6. The lowest BCUT2D eigenvalue weighted by Crippen LogP contribution is -2.46. The molecule has 2 aromatic heterocycles. The van der Waals surface area contributed by atoms with Gasteiger partial charge < -0.3 is 4.90 Å². The van der Waals surface area contributed by atoms with Crippen molar-refractivity contribution >= 4 is 16.9 Å². The van der Waals surface area contributed by atoms with Crippen LogP contribution in [0.3, 0.4) is 0 Å². The Morgan fingerprint density at radius 3 is 2.75 bits per heavy atom. The fourth-order valence-corrected chi connectivity index (χ4v) is 3.64. The number of piperidine rings is 1. The van der Waals surface area contributed by atoms with Crippen LogP contribution in [-0.2, 0) is 6.54 Å². The summed E-state index contributed by atoms with van der Waals surface area (Å²) in [5, 5.41) is 5.36. The highest BCUT2D eigenvalue weighted by molar-refractivity contribution is 5.97. The fourth-order valence-electron chi connectivity index (χ4n) is 3.64. The maximum absolute atomic E-state index is 13.0. The minimum atomic E-state index is 0.111. The zero-order valence-corrected chi connectivity index (χ0v) is 15.2. The molecule has 1 saturated heterocycles. The summed E-state index contributed by atoms with van der Waals surface area (Å²) in [7, 11) is 0. The van der Waals surface area contributed by atoms with Gasteiger partial charge in [-0.25, -0.2) is 9.67 Å². The third-order valence-electron chi connectivity index (χ3n) is 4.84. The summed E-state index contributed by atoms with van der Waals surface area (Å²) in [6.45, 7) is 10.4. The van der Waals surface area contributed by atoms with Crippen LogP contribution in [0.4, 0.5) is 0 Å². The largest absolute Gasteiger partial charge is 0.335 e. The van der Waals surface area contributed by atoms with Gasteiger partial charge in [-0.15, -0.1) is 0 Å². The van der Waals surface area contributed by atoms with Gasteiger partial charge in [0.25, 0.3) is 5.91 Å². The number of pyridine rings is 1. The molecule has 0 aromatic carbocycles. The average molecular weight is 328 g/mol. The maximum Gasteiger partial charge on any atom is 0.255 e. The van der Waals surface area contributed by atoms with Crippen molar-refractivity contribution in [2.75, 3.05) is 6.54 Å². The minimum absolute atomic E-state index is 0.111. The number of carbonyl (C=O) groups is 1. The molecular weight excluding hydrogens is 300 g/mol. The topological polar surface area (TPSA) is 51.0 Å². The number of carbonyl (C=O) groups excluding carboxylic acids is 1. The molecule has 1 unspecified atom stereocenters. The van der Waals surface area contributed by atoms with Crippen molar-refractivity contribution in [3.63, 3.8) is 0 Å². The Morgan fingerprint density at radius 1 is 1.25 bits per heavy atom. The predicted octanol–water partition coefficient (Wildman–Crippen LogP) is 3.74. The van der Waals surface area contributed by atoms with Gasteiger partial charge in [0, 0.05) is 30.7 Å². The third kappa shape index (κ3) is 3.30. The van der Waals surface area contributed by atoms with Crippen molar-refractivity contribution in [1.82, 2.24) is 19.7 Å². The van der Waals surface area contributed by atoms with Gasteiger partial charge in [0.2, 0.25) is 0 Å². The van der Waals surface area contributed by atoms with E-state index in [0.29, 0.717) is 23.4 Å². The lowest BCUT2D eigenvalue weighted by Gasteiger charge is -2.38. The first kappa shape index (κ1) is 16.9. The zero-order chi connectivity index (χ0) is 17.3. The SMILES string of the molecule is CC(C)Cn1ncc2cc(C(=O)N3CCCCC3C(C)C)cnc21. The van der Waals surface area contributed by atoms with E-state index in [9.17, 15) is 4.79 Å². The Kier molecular flexibility index (Phi) is 4.88. The van der Waals surface area contributed by atoms with E-state index in [0.717, 1.165) is 37.0 Å². The Balaban J connectivity index is 1.87. The highest BCUT2D eigenvalue weighted by atomic mass is 16.2. The number of hydrogen-bond donors (Lipinski definition) is 0. The predicted molar refractivity (Wildman–Crippen MR) is 95.9 cm³/mol. The highest BCUT2D eigenvalue weighted by Gasteiger charge is 2.29. The molecule has 0 saturated carbocycles. The Morgan fingerprint density at radius 2 is 2.04 bits per heavy atom. The number of nitrogens with zero attached hydrogens (tertiary/aromatic N) is 4. The summed E-state index contributed by atoms with van der Waals surface area (Å²) >= 11 is 0. The molecule has 0 radical (unpaired) electrons. The van der Waals surface area contributed by atoms with Crippen LogP contribution in [0.1, 0.15) is 57.3 Å². The van der Waals surface area contributed by atoms with E-state index in [4.69, 9.17) is 0 Å². The van der Waals surface area contributed by atoms with Gasteiger partial charge in [0.1, 0.15) is 0 Å². The van der Waals surface area contributed by atoms with E-state index in [2.05, 4.69) is 42.7 Å². The minimum Gasteiger partial charge on any atom is -0.335 e. The van der Waals surface area contributed by atoms with Gasteiger partial charge in [-0.1, -0.05) is 27.7 Å². The normalized spacial score (nSPS) is 18.8. The Bertz CT molecular complexity index is 719. The number of fused-ring (bicyclic) bond motifs is 1. The van der Waals surface area contributed by atoms with Crippen LogP contribution in [0.25, 0.3) is 11.0 Å². The lowest BCUT2D eigenvalue weighted by atomic mass is 9.92. The van der Waals surface area contributed by atoms with Crippen molar-refractivity contribution in [1.29, 1.82) is 0 Å². The molecule has 130 valence electrons. The summed E-state index contributed by atoms with van der Waals surface area (Å²) in [6.07, 6.45) is 6.95. The number of aromatic nitrogens is 3. The first-order valence-corrected chi connectivity index (χ1v) is 9.10. The van der Waals surface area contributed by atoms with Crippen molar-refractivity contribution < 1.29 is 4.79 Å². The molecule has 0 N–H and O–H groups in total. The van der Waals surface area contributed by atoms with E-state index in [1.54, 1.807) is 6.20 Å². The molecule has 1 fully saturated rings. The molecule has 0 spiro atoms. The van der Waals surface area contributed by atoms with Gasteiger partial charge in [0.05, 0.1) is 11.8 Å². The van der Waals surface area contributed by atoms with Crippen LogP contribution >= 0.6 is 0 Å². The number of rotatable bonds is 4. The van der Waals surface area contributed by atoms with Gasteiger partial charge in [-0.2, -0.15) is 5.10 Å². The summed E-state index contributed by atoms with van der Waals surface area (Å²) in [5.41, 5.74) is 1.54. The van der Waals surface area contributed by atoms with E-state index in [1.165, 1.54) is 6.42 Å². The Hall–Kier alpha value is -1.91. The molecule has 3 rings (SSSR count). The molecule has 5 heteroatoms. The van der Waals surface area contributed by atoms with Gasteiger partial charge in [0.15, 0.2) is 5.65 Å². The molecule has 1 amide bonds. The molecule has 24 heavy (non-hydrogen) atoms. The van der Waals surface area contributed by atoms with Gasteiger partial charge in [-0.05, 0) is 37.2 Å². The standard InChI is InChI=1S/C19H28N4O/c1-13(2)12-23-18-15(11-21-23)9-16(10-20-18)19(24)22-8-6-5-7-17(22)14(3)4/h9-11,13-14,17H,5-8,12H2,1-4H3. The van der Waals surface area contributed by atoms with Gasteiger partial charge in [-0.3, -0.25) is 4.79 Å². The highest BCUT2D eigenvalue weighted by Crippen LogP contribution is 2.25. The number of amides is 1. The second-order valence-electron chi connectivity index (χ2n) is 7.66. The van der Waals surface area contributed by atoms with Crippen LogP contribution in [0.2, 0.25) is 0 Å². The smallest absolute Gasteiger partial charge is 0.255 e. The van der Waals surface area contributed by atoms with E-state index in [1.807, 2.05) is 16.9 Å². The second kappa shape index (κ2) is 6.91. The quantitative estimate of drug-likeness (QED) is 0.859. The molecule has 1 aliphatic heterocycles. The molecule has 0 bridgehead atoms. The monoisotopic (exact) mass is 328 g/mol. The summed E-state index contributed by atoms with van der Waals surface area (Å²) in [6, 6.07) is 2.28. The second-order valence-corrected chi connectivity index (χ2v) is 7.66. The first-order chi connectivity index (χ1) is 11.5. The van der Waals surface area contributed by atoms with E-state index < -0.39 is 0 Å². The Labute approximate surface area is 144 Å². The van der Waals surface area contributed by atoms with Crippen LogP contribution in [0.5, 0.6) is 0 Å². The van der Waals surface area contributed by atoms with Crippen LogP contribution in [0.15, 0.2) is 18.5 Å². The maximum atomic E-state index is 13.0. The van der Waals surface area contributed by atoms with Gasteiger partial charge >= 0.3 is 0 Å². The lowest BCUT2D eigenvalue weighted by molar-refractivity contribution is 0.0543. The molecule has 2 aromatic rings. The zero-order valence-electron chi connectivity index (χ0n) is 15.2. The third-order valence-corrected chi connectivity index (χ3v) is 4.84. The van der Waals surface area contributed by atoms with Crippen molar-refractivity contribution in [3.05, 3.63) is 24.0 Å². The van der Waals surface area contributed by atoms with E-state index >= 15 is 0 Å². The molecule has 0 aliphatic carbocycles. The van der Waals surface area contributed by atoms with Crippen LogP contribution in [-0.4, -0.2) is 38.2 Å². The van der Waals surface area contributed by atoms with Crippen LogP contribution in [0, 0.1) is 11.8 Å². The van der Waals surface area contributed by atoms with Crippen molar-refractivity contribution in [3.8, 4) is 0 Å². The number of hydrogen-bond acceptors (Lipinski definition) is 3. The average Bonchev–Trinajstić information content (AvgIpc) is 2.95. The van der Waals surface area contributed by atoms with Crippen LogP contribution < -0.4 is 0 Å².